The average molecular weight is 318 g/mol. The molecule has 2 saturated heterocycles. The number of benzene rings is 1. The fraction of sp³-hybridized carbons (Fsp3) is 0.611. The molecular formula is C18H26N2O3. The van der Waals surface area contributed by atoms with Gasteiger partial charge >= 0.3 is 0 Å². The van der Waals surface area contributed by atoms with Gasteiger partial charge < -0.3 is 14.8 Å². The van der Waals surface area contributed by atoms with Gasteiger partial charge in [0.1, 0.15) is 5.75 Å². The molecule has 5 nitrogen and oxygen atoms in total. The molecule has 23 heavy (non-hydrogen) atoms. The molecule has 5 heteroatoms. The smallest absolute Gasteiger partial charge is 0.241 e. The van der Waals surface area contributed by atoms with Crippen molar-refractivity contribution in [3.63, 3.8) is 0 Å². The van der Waals surface area contributed by atoms with Crippen molar-refractivity contribution in [2.45, 2.75) is 50.9 Å². The van der Waals surface area contributed by atoms with Crippen LogP contribution in [0.4, 0.5) is 5.69 Å². The second-order valence-electron chi connectivity index (χ2n) is 6.52. The van der Waals surface area contributed by atoms with Gasteiger partial charge in [-0.25, -0.2) is 0 Å². The summed E-state index contributed by atoms with van der Waals surface area (Å²) in [6.07, 6.45) is 4.85. The highest BCUT2D eigenvalue weighted by atomic mass is 16.5. The molecular weight excluding hydrogens is 292 g/mol. The normalized spacial score (nSPS) is 28.0. The van der Waals surface area contributed by atoms with E-state index in [0.29, 0.717) is 6.10 Å². The van der Waals surface area contributed by atoms with Crippen LogP contribution in [0.15, 0.2) is 24.3 Å². The first kappa shape index (κ1) is 16.3. The quantitative estimate of drug-likeness (QED) is 0.907. The average Bonchev–Trinajstić information content (AvgIpc) is 3.17. The molecule has 2 heterocycles. The van der Waals surface area contributed by atoms with Crippen LogP contribution in [0.3, 0.4) is 0 Å². The molecule has 2 fully saturated rings. The molecule has 1 aromatic carbocycles. The SMILES string of the molecule is COc1ccc(NC(=O)[C@@H]2CCCN2C[C@H]2CC[C@@H](C)O2)cc1. The Kier molecular flexibility index (Phi) is 5.18. The van der Waals surface area contributed by atoms with Gasteiger partial charge in [-0.3, -0.25) is 9.69 Å². The maximum Gasteiger partial charge on any atom is 0.241 e. The highest BCUT2D eigenvalue weighted by Gasteiger charge is 2.34. The van der Waals surface area contributed by atoms with Gasteiger partial charge in [0, 0.05) is 12.2 Å². The van der Waals surface area contributed by atoms with Crippen LogP contribution in [0.2, 0.25) is 0 Å². The highest BCUT2D eigenvalue weighted by Crippen LogP contribution is 2.25. The number of hydrogen-bond donors (Lipinski definition) is 1. The van der Waals surface area contributed by atoms with E-state index in [1.54, 1.807) is 7.11 Å². The van der Waals surface area contributed by atoms with Crippen LogP contribution in [0.1, 0.15) is 32.6 Å². The first-order valence-electron chi connectivity index (χ1n) is 8.50. The zero-order valence-corrected chi connectivity index (χ0v) is 14.0. The van der Waals surface area contributed by atoms with Gasteiger partial charge in [-0.15, -0.1) is 0 Å². The summed E-state index contributed by atoms with van der Waals surface area (Å²) in [5.41, 5.74) is 0.813. The van der Waals surface area contributed by atoms with Crippen molar-refractivity contribution in [3.05, 3.63) is 24.3 Å². The van der Waals surface area contributed by atoms with E-state index in [-0.39, 0.29) is 18.1 Å². The molecule has 1 N–H and O–H groups in total. The summed E-state index contributed by atoms with van der Waals surface area (Å²) >= 11 is 0. The Hall–Kier alpha value is -1.59. The summed E-state index contributed by atoms with van der Waals surface area (Å²) in [5.74, 6) is 0.872. The molecule has 3 rings (SSSR count). The number of carbonyl (C=O) groups excluding carboxylic acids is 1. The largest absolute Gasteiger partial charge is 0.497 e. The van der Waals surface area contributed by atoms with E-state index < -0.39 is 0 Å². The van der Waals surface area contributed by atoms with Gasteiger partial charge in [0.2, 0.25) is 5.91 Å². The van der Waals surface area contributed by atoms with Crippen LogP contribution in [0.5, 0.6) is 5.75 Å². The van der Waals surface area contributed by atoms with Crippen LogP contribution in [0, 0.1) is 0 Å². The number of anilines is 1. The van der Waals surface area contributed by atoms with Crippen LogP contribution >= 0.6 is 0 Å². The Balaban J connectivity index is 1.56. The molecule has 1 amide bonds. The molecule has 3 atom stereocenters. The second kappa shape index (κ2) is 7.32. The maximum atomic E-state index is 12.6. The number of nitrogens with one attached hydrogen (secondary N) is 1. The lowest BCUT2D eigenvalue weighted by atomic mass is 10.1. The van der Waals surface area contributed by atoms with Gasteiger partial charge in [-0.2, -0.15) is 0 Å². The molecule has 0 radical (unpaired) electrons. The predicted molar refractivity (Wildman–Crippen MR) is 89.8 cm³/mol. The van der Waals surface area contributed by atoms with Crippen molar-refractivity contribution in [1.29, 1.82) is 0 Å². The Bertz CT molecular complexity index is 532. The maximum absolute atomic E-state index is 12.6. The van der Waals surface area contributed by atoms with E-state index in [1.165, 1.54) is 0 Å². The van der Waals surface area contributed by atoms with Crippen LogP contribution in [-0.2, 0) is 9.53 Å². The number of likely N-dealkylation sites (tertiary alicyclic amines) is 1. The first-order valence-corrected chi connectivity index (χ1v) is 8.50. The van der Waals surface area contributed by atoms with Crippen molar-refractivity contribution in [1.82, 2.24) is 4.90 Å². The Morgan fingerprint density at radius 2 is 2.09 bits per heavy atom. The number of rotatable bonds is 5. The van der Waals surface area contributed by atoms with Crippen molar-refractivity contribution < 1.29 is 14.3 Å². The zero-order valence-electron chi connectivity index (χ0n) is 14.0. The van der Waals surface area contributed by atoms with E-state index in [9.17, 15) is 4.79 Å². The summed E-state index contributed by atoms with van der Waals surface area (Å²) in [4.78, 5) is 14.9. The second-order valence-corrected chi connectivity index (χ2v) is 6.52. The third kappa shape index (κ3) is 4.03. The predicted octanol–water partition coefficient (Wildman–Crippen LogP) is 2.67. The molecule has 0 spiro atoms. The third-order valence-corrected chi connectivity index (χ3v) is 4.78. The molecule has 0 bridgehead atoms. The van der Waals surface area contributed by atoms with Gasteiger partial charge in [0.25, 0.3) is 0 Å². The molecule has 1 aromatic rings. The number of methoxy groups -OCH3 is 1. The molecule has 0 aromatic heterocycles. The Labute approximate surface area is 137 Å². The fourth-order valence-corrected chi connectivity index (χ4v) is 3.52. The number of amides is 1. The van der Waals surface area contributed by atoms with Crippen LogP contribution in [0.25, 0.3) is 0 Å². The summed E-state index contributed by atoms with van der Waals surface area (Å²) in [5, 5.41) is 3.02. The summed E-state index contributed by atoms with van der Waals surface area (Å²) in [6, 6.07) is 7.41. The molecule has 0 aliphatic carbocycles. The summed E-state index contributed by atoms with van der Waals surface area (Å²) in [6.45, 7) is 3.97. The van der Waals surface area contributed by atoms with E-state index in [0.717, 1.165) is 50.2 Å². The number of carbonyl (C=O) groups is 1. The minimum atomic E-state index is -0.0448. The van der Waals surface area contributed by atoms with Crippen molar-refractivity contribution in [3.8, 4) is 5.75 Å². The van der Waals surface area contributed by atoms with Gasteiger partial charge in [0.15, 0.2) is 0 Å². The zero-order chi connectivity index (χ0) is 16.2. The molecule has 2 aliphatic heterocycles. The molecule has 0 saturated carbocycles. The lowest BCUT2D eigenvalue weighted by molar-refractivity contribution is -0.120. The Morgan fingerprint density at radius 3 is 2.74 bits per heavy atom. The minimum Gasteiger partial charge on any atom is -0.497 e. The lowest BCUT2D eigenvalue weighted by Crippen LogP contribution is -2.43. The van der Waals surface area contributed by atoms with Gasteiger partial charge in [-0.05, 0) is 63.4 Å². The number of hydrogen-bond acceptors (Lipinski definition) is 4. The monoisotopic (exact) mass is 318 g/mol. The molecule has 2 aliphatic rings. The van der Waals surface area contributed by atoms with E-state index in [1.807, 2.05) is 24.3 Å². The lowest BCUT2D eigenvalue weighted by Gasteiger charge is -2.26. The van der Waals surface area contributed by atoms with E-state index >= 15 is 0 Å². The summed E-state index contributed by atoms with van der Waals surface area (Å²) < 4.78 is 11.0. The number of ether oxygens (including phenoxy) is 2. The third-order valence-electron chi connectivity index (χ3n) is 4.78. The van der Waals surface area contributed by atoms with E-state index in [2.05, 4.69) is 17.1 Å². The fourth-order valence-electron chi connectivity index (χ4n) is 3.52. The standard InChI is InChI=1S/C18H26N2O3/c1-13-5-8-16(23-13)12-20-11-3-4-17(20)18(21)19-14-6-9-15(22-2)10-7-14/h6-7,9-10,13,16-17H,3-5,8,11-12H2,1-2H3,(H,19,21)/t13-,16-,17+/m1/s1. The van der Waals surface area contributed by atoms with Crippen LogP contribution < -0.4 is 10.1 Å². The van der Waals surface area contributed by atoms with Gasteiger partial charge in [0.05, 0.1) is 25.4 Å². The minimum absolute atomic E-state index is 0.0448. The van der Waals surface area contributed by atoms with Gasteiger partial charge in [-0.1, -0.05) is 0 Å². The van der Waals surface area contributed by atoms with Crippen molar-refractivity contribution in [2.75, 3.05) is 25.5 Å². The molecule has 0 unspecified atom stereocenters. The first-order chi connectivity index (χ1) is 11.2. The number of nitrogens with zero attached hydrogens (tertiary/aromatic N) is 1. The topological polar surface area (TPSA) is 50.8 Å². The van der Waals surface area contributed by atoms with Crippen LogP contribution in [-0.4, -0.2) is 49.3 Å². The van der Waals surface area contributed by atoms with E-state index in [4.69, 9.17) is 9.47 Å². The highest BCUT2D eigenvalue weighted by molar-refractivity contribution is 5.95. The van der Waals surface area contributed by atoms with Crippen molar-refractivity contribution >= 4 is 11.6 Å². The summed E-state index contributed by atoms with van der Waals surface area (Å²) in [7, 11) is 1.63. The molecule has 126 valence electrons. The Morgan fingerprint density at radius 1 is 1.30 bits per heavy atom. The van der Waals surface area contributed by atoms with Crippen molar-refractivity contribution in [2.24, 2.45) is 0 Å².